The van der Waals surface area contributed by atoms with Gasteiger partial charge in [0.25, 0.3) is 0 Å². The predicted molar refractivity (Wildman–Crippen MR) is 102 cm³/mol. The Morgan fingerprint density at radius 2 is 2.04 bits per heavy atom. The lowest BCUT2D eigenvalue weighted by atomic mass is 9.84. The smallest absolute Gasteiger partial charge is 0.231 e. The number of aromatic nitrogens is 1. The molecule has 0 radical (unpaired) electrons. The van der Waals surface area contributed by atoms with Crippen molar-refractivity contribution in [1.82, 2.24) is 9.88 Å². The van der Waals surface area contributed by atoms with Gasteiger partial charge in [0.2, 0.25) is 5.91 Å². The first-order valence-electron chi connectivity index (χ1n) is 8.72. The van der Waals surface area contributed by atoms with Crippen LogP contribution in [0, 0.1) is 5.92 Å². The molecule has 1 heterocycles. The van der Waals surface area contributed by atoms with Crippen LogP contribution in [0.1, 0.15) is 33.1 Å². The molecule has 0 bridgehead atoms. The normalized spacial score (nSPS) is 15.0. The summed E-state index contributed by atoms with van der Waals surface area (Å²) in [6.07, 6.45) is 3.18. The van der Waals surface area contributed by atoms with Crippen LogP contribution < -0.4 is 4.90 Å². The predicted octanol–water partition coefficient (Wildman–Crippen LogP) is 4.42. The molecule has 0 spiro atoms. The lowest BCUT2D eigenvalue weighted by molar-refractivity contribution is -0.124. The number of thiazole rings is 1. The second kappa shape index (κ2) is 7.81. The number of fused-ring (bicyclic) bond motifs is 1. The second-order valence-corrected chi connectivity index (χ2v) is 7.70. The first-order valence-corrected chi connectivity index (χ1v) is 9.91. The van der Waals surface area contributed by atoms with Crippen molar-refractivity contribution in [2.24, 2.45) is 5.92 Å². The van der Waals surface area contributed by atoms with Crippen LogP contribution in [0.25, 0.3) is 10.2 Å². The zero-order valence-electron chi connectivity index (χ0n) is 14.3. The van der Waals surface area contributed by atoms with E-state index in [0.29, 0.717) is 11.6 Å². The zero-order valence-corrected chi connectivity index (χ0v) is 15.9. The lowest BCUT2D eigenvalue weighted by Crippen LogP contribution is -2.43. The first kappa shape index (κ1) is 17.6. The van der Waals surface area contributed by atoms with E-state index >= 15 is 0 Å². The number of amides is 1. The Balaban J connectivity index is 1.85. The molecule has 1 amide bonds. The van der Waals surface area contributed by atoms with Crippen LogP contribution in [0.2, 0.25) is 5.02 Å². The average molecular weight is 366 g/mol. The largest absolute Gasteiger partial charge is 0.302 e. The van der Waals surface area contributed by atoms with Crippen molar-refractivity contribution in [3.63, 3.8) is 0 Å². The molecule has 0 saturated heterocycles. The van der Waals surface area contributed by atoms with Gasteiger partial charge < -0.3 is 4.90 Å². The standard InChI is InChI=1S/C18H24ClN3OS/c1-3-21(4-2)10-11-22(17(23)13-6-5-7-13)18-20-15-9-8-14(19)12-16(15)24-18/h8-9,12-13H,3-7,10-11H2,1-2H3. The van der Waals surface area contributed by atoms with Crippen LogP contribution in [-0.4, -0.2) is 42.0 Å². The Kier molecular flexibility index (Phi) is 5.74. The van der Waals surface area contributed by atoms with Gasteiger partial charge in [-0.05, 0) is 44.1 Å². The highest BCUT2D eigenvalue weighted by molar-refractivity contribution is 7.22. The van der Waals surface area contributed by atoms with Gasteiger partial charge in [0.05, 0.1) is 10.2 Å². The van der Waals surface area contributed by atoms with Crippen molar-refractivity contribution in [1.29, 1.82) is 0 Å². The average Bonchev–Trinajstić information content (AvgIpc) is 2.92. The minimum atomic E-state index is 0.178. The molecule has 0 N–H and O–H groups in total. The number of benzene rings is 1. The number of hydrogen-bond acceptors (Lipinski definition) is 4. The molecule has 2 aromatic rings. The summed E-state index contributed by atoms with van der Waals surface area (Å²) in [6, 6.07) is 5.70. The van der Waals surface area contributed by atoms with Crippen LogP contribution in [-0.2, 0) is 4.79 Å². The van der Waals surface area contributed by atoms with E-state index in [2.05, 4.69) is 18.7 Å². The number of hydrogen-bond donors (Lipinski definition) is 0. The highest BCUT2D eigenvalue weighted by atomic mass is 35.5. The van der Waals surface area contributed by atoms with E-state index < -0.39 is 0 Å². The van der Waals surface area contributed by atoms with Crippen molar-refractivity contribution in [2.45, 2.75) is 33.1 Å². The van der Waals surface area contributed by atoms with E-state index in [9.17, 15) is 4.79 Å². The third-order valence-corrected chi connectivity index (χ3v) is 6.10. The molecule has 1 aliphatic rings. The van der Waals surface area contributed by atoms with Gasteiger partial charge in [-0.3, -0.25) is 9.69 Å². The maximum atomic E-state index is 12.9. The van der Waals surface area contributed by atoms with Crippen LogP contribution >= 0.6 is 22.9 Å². The number of carbonyl (C=O) groups is 1. The third-order valence-electron chi connectivity index (χ3n) is 4.82. The summed E-state index contributed by atoms with van der Waals surface area (Å²) < 4.78 is 1.03. The van der Waals surface area contributed by atoms with Gasteiger partial charge in [0, 0.05) is 24.0 Å². The second-order valence-electron chi connectivity index (χ2n) is 6.25. The summed E-state index contributed by atoms with van der Waals surface area (Å²) in [4.78, 5) is 21.8. The summed E-state index contributed by atoms with van der Waals surface area (Å²) >= 11 is 7.64. The van der Waals surface area contributed by atoms with Crippen LogP contribution in [0.15, 0.2) is 18.2 Å². The van der Waals surface area contributed by atoms with Crippen molar-refractivity contribution in [3.8, 4) is 0 Å². The molecule has 1 saturated carbocycles. The molecule has 3 rings (SSSR count). The molecule has 1 aliphatic carbocycles. The lowest BCUT2D eigenvalue weighted by Gasteiger charge is -2.31. The van der Waals surface area contributed by atoms with Crippen LogP contribution in [0.3, 0.4) is 0 Å². The number of likely N-dealkylation sites (N-methyl/N-ethyl adjacent to an activating group) is 1. The molecule has 4 nitrogen and oxygen atoms in total. The van der Waals surface area contributed by atoms with Gasteiger partial charge in [-0.2, -0.15) is 0 Å². The molecule has 1 fully saturated rings. The quantitative estimate of drug-likeness (QED) is 0.728. The zero-order chi connectivity index (χ0) is 17.1. The maximum Gasteiger partial charge on any atom is 0.231 e. The highest BCUT2D eigenvalue weighted by Gasteiger charge is 2.31. The fourth-order valence-corrected chi connectivity index (χ4v) is 4.23. The summed E-state index contributed by atoms with van der Waals surface area (Å²) in [7, 11) is 0. The number of halogens is 1. The Labute approximate surface area is 152 Å². The van der Waals surface area contributed by atoms with Gasteiger partial charge in [-0.1, -0.05) is 43.2 Å². The minimum Gasteiger partial charge on any atom is -0.302 e. The van der Waals surface area contributed by atoms with Crippen molar-refractivity contribution in [3.05, 3.63) is 23.2 Å². The minimum absolute atomic E-state index is 0.178. The van der Waals surface area contributed by atoms with E-state index in [4.69, 9.17) is 16.6 Å². The molecule has 0 unspecified atom stereocenters. The van der Waals surface area contributed by atoms with Crippen LogP contribution in [0.5, 0.6) is 0 Å². The van der Waals surface area contributed by atoms with Gasteiger partial charge in [-0.25, -0.2) is 4.98 Å². The van der Waals surface area contributed by atoms with Crippen molar-refractivity contribution in [2.75, 3.05) is 31.1 Å². The highest BCUT2D eigenvalue weighted by Crippen LogP contribution is 2.34. The number of nitrogens with zero attached hydrogens (tertiary/aromatic N) is 3. The SMILES string of the molecule is CCN(CC)CCN(C(=O)C1CCC1)c1nc2ccc(Cl)cc2s1. The molecule has 1 aromatic heterocycles. The Morgan fingerprint density at radius 1 is 1.29 bits per heavy atom. The molecule has 0 atom stereocenters. The van der Waals surface area contributed by atoms with Crippen molar-refractivity contribution < 1.29 is 4.79 Å². The molecule has 1 aromatic carbocycles. The Hall–Kier alpha value is -1.17. The van der Waals surface area contributed by atoms with Crippen molar-refractivity contribution >= 4 is 44.2 Å². The topological polar surface area (TPSA) is 36.4 Å². The van der Waals surface area contributed by atoms with E-state index in [1.807, 2.05) is 23.1 Å². The summed E-state index contributed by atoms with van der Waals surface area (Å²) in [5, 5.41) is 1.51. The van der Waals surface area contributed by atoms with E-state index in [1.165, 1.54) is 0 Å². The fourth-order valence-electron chi connectivity index (χ4n) is 2.96. The summed E-state index contributed by atoms with van der Waals surface area (Å²) in [5.74, 6) is 0.413. The number of rotatable bonds is 7. The molecule has 6 heteroatoms. The first-order chi connectivity index (χ1) is 11.6. The maximum absolute atomic E-state index is 12.9. The van der Waals surface area contributed by atoms with E-state index in [-0.39, 0.29) is 11.8 Å². The Morgan fingerprint density at radius 3 is 2.67 bits per heavy atom. The van der Waals surface area contributed by atoms with E-state index in [1.54, 1.807) is 11.3 Å². The fraction of sp³-hybridized carbons (Fsp3) is 0.556. The van der Waals surface area contributed by atoms with Gasteiger partial charge >= 0.3 is 0 Å². The molecular formula is C18H24ClN3OS. The summed E-state index contributed by atoms with van der Waals surface area (Å²) in [5.41, 5.74) is 0.911. The molecular weight excluding hydrogens is 342 g/mol. The van der Waals surface area contributed by atoms with Crippen LogP contribution in [0.4, 0.5) is 5.13 Å². The van der Waals surface area contributed by atoms with Gasteiger partial charge in [0.15, 0.2) is 5.13 Å². The Bertz CT molecular complexity index is 709. The van der Waals surface area contributed by atoms with E-state index in [0.717, 1.165) is 54.2 Å². The number of carbonyl (C=O) groups excluding carboxylic acids is 1. The monoisotopic (exact) mass is 365 g/mol. The number of anilines is 1. The third kappa shape index (κ3) is 3.73. The van der Waals surface area contributed by atoms with Gasteiger partial charge in [-0.15, -0.1) is 0 Å². The summed E-state index contributed by atoms with van der Waals surface area (Å²) in [6.45, 7) is 7.88. The van der Waals surface area contributed by atoms with Gasteiger partial charge in [0.1, 0.15) is 0 Å². The molecule has 130 valence electrons. The molecule has 0 aliphatic heterocycles. The molecule has 24 heavy (non-hydrogen) atoms.